The minimum Gasteiger partial charge on any atom is -0.437 e. The number of ether oxygens (including phenoxy) is 1. The first-order chi connectivity index (χ1) is 18.5. The number of nitrogens with one attached hydrogen (secondary N) is 2. The number of unbranched alkanes of at least 4 members (excludes halogenated alkanes) is 1. The van der Waals surface area contributed by atoms with Crippen molar-refractivity contribution in [2.24, 2.45) is 0 Å². The average molecular weight is 583 g/mol. The van der Waals surface area contributed by atoms with Crippen LogP contribution in [-0.4, -0.2) is 76.9 Å². The fourth-order valence-corrected chi connectivity index (χ4v) is 7.00. The third-order valence-corrected chi connectivity index (χ3v) is 9.67. The van der Waals surface area contributed by atoms with Gasteiger partial charge < -0.3 is 14.5 Å². The van der Waals surface area contributed by atoms with E-state index in [2.05, 4.69) is 15.0 Å². The predicted molar refractivity (Wildman–Crippen MR) is 145 cm³/mol. The lowest BCUT2D eigenvalue weighted by Crippen LogP contribution is -2.41. The molecule has 2 aromatic heterocycles. The van der Waals surface area contributed by atoms with Crippen molar-refractivity contribution in [3.8, 4) is 11.3 Å². The molecule has 14 heteroatoms. The van der Waals surface area contributed by atoms with E-state index in [0.717, 1.165) is 0 Å². The van der Waals surface area contributed by atoms with Crippen LogP contribution >= 0.6 is 0 Å². The number of aryl methyl sites for hydroxylation is 1. The summed E-state index contributed by atoms with van der Waals surface area (Å²) >= 11 is 0. The minimum absolute atomic E-state index is 0.0411. The van der Waals surface area contributed by atoms with Gasteiger partial charge in [0.1, 0.15) is 17.4 Å². The van der Waals surface area contributed by atoms with Crippen LogP contribution in [0.2, 0.25) is 0 Å². The lowest BCUT2D eigenvalue weighted by molar-refractivity contribution is 0.0730. The second-order valence-electron chi connectivity index (χ2n) is 9.05. The molecule has 0 spiro atoms. The molecule has 1 aliphatic rings. The van der Waals surface area contributed by atoms with Gasteiger partial charge in [-0.1, -0.05) is 6.92 Å². The molecule has 4 rings (SSSR count). The van der Waals surface area contributed by atoms with E-state index in [1.165, 1.54) is 35.6 Å². The third kappa shape index (κ3) is 6.75. The summed E-state index contributed by atoms with van der Waals surface area (Å²) in [4.78, 5) is 17.1. The Bertz CT molecular complexity index is 1550. The summed E-state index contributed by atoms with van der Waals surface area (Å²) in [5.74, 6) is -1.07. The van der Waals surface area contributed by atoms with Crippen LogP contribution in [0, 0.1) is 5.82 Å². The van der Waals surface area contributed by atoms with Gasteiger partial charge in [0, 0.05) is 25.7 Å². The Labute approximate surface area is 226 Å². The molecule has 0 unspecified atom stereocenters. The van der Waals surface area contributed by atoms with E-state index < -0.39 is 31.8 Å². The van der Waals surface area contributed by atoms with Crippen LogP contribution in [0.25, 0.3) is 22.4 Å². The lowest BCUT2D eigenvalue weighted by atomic mass is 10.0. The van der Waals surface area contributed by atoms with Crippen molar-refractivity contribution < 1.29 is 35.2 Å². The zero-order valence-electron chi connectivity index (χ0n) is 21.7. The second-order valence-corrected chi connectivity index (χ2v) is 13.0. The van der Waals surface area contributed by atoms with Crippen molar-refractivity contribution in [2.45, 2.75) is 26.2 Å². The topological polar surface area (TPSA) is 148 Å². The first kappa shape index (κ1) is 28.9. The Kier molecular flexibility index (Phi) is 8.89. The normalized spacial score (nSPS) is 14.9. The molecule has 0 aliphatic carbocycles. The van der Waals surface area contributed by atoms with Crippen LogP contribution < -0.4 is 10.0 Å². The number of rotatable bonds is 11. The molecule has 212 valence electrons. The standard InChI is InChI=1S/C25H31FN4O7S2/c1-3-17-16-20-21(24(31)27-2)22(18-6-8-19(26)9-7-18)37-25(20)28-23(17)29-38(32,33)14-4-5-15-39(34,35)30-10-12-36-13-11-30/h6-9,16H,3-5,10-15H2,1-2H3,(H,27,31)(H,28,29). The van der Waals surface area contributed by atoms with Crippen LogP contribution in [0.1, 0.15) is 35.7 Å². The van der Waals surface area contributed by atoms with Gasteiger partial charge in [0.15, 0.2) is 0 Å². The van der Waals surface area contributed by atoms with Gasteiger partial charge in [0.05, 0.1) is 35.7 Å². The van der Waals surface area contributed by atoms with Gasteiger partial charge >= 0.3 is 0 Å². The van der Waals surface area contributed by atoms with Crippen LogP contribution in [0.4, 0.5) is 10.2 Å². The van der Waals surface area contributed by atoms with Gasteiger partial charge in [-0.05, 0) is 55.2 Å². The van der Waals surface area contributed by atoms with Crippen LogP contribution in [0.5, 0.6) is 0 Å². The molecule has 11 nitrogen and oxygen atoms in total. The highest BCUT2D eigenvalue weighted by Crippen LogP contribution is 2.35. The number of furan rings is 1. The van der Waals surface area contributed by atoms with E-state index in [0.29, 0.717) is 49.2 Å². The average Bonchev–Trinajstić information content (AvgIpc) is 3.29. The van der Waals surface area contributed by atoms with Crippen molar-refractivity contribution >= 4 is 42.9 Å². The van der Waals surface area contributed by atoms with Crippen molar-refractivity contribution in [2.75, 3.05) is 49.6 Å². The number of fused-ring (bicyclic) bond motifs is 1. The quantitative estimate of drug-likeness (QED) is 0.328. The smallest absolute Gasteiger partial charge is 0.255 e. The molecule has 1 amide bonds. The van der Waals surface area contributed by atoms with Gasteiger partial charge in [-0.2, -0.15) is 9.29 Å². The Morgan fingerprint density at radius 3 is 2.38 bits per heavy atom. The molecule has 3 heterocycles. The van der Waals surface area contributed by atoms with E-state index in [9.17, 15) is 26.0 Å². The molecule has 0 saturated carbocycles. The largest absolute Gasteiger partial charge is 0.437 e. The number of pyridine rings is 1. The second kappa shape index (κ2) is 12.0. The van der Waals surface area contributed by atoms with Gasteiger partial charge in [0.2, 0.25) is 25.8 Å². The van der Waals surface area contributed by atoms with E-state index in [-0.39, 0.29) is 47.2 Å². The van der Waals surface area contributed by atoms with Crippen LogP contribution in [0.15, 0.2) is 34.7 Å². The SMILES string of the molecule is CCc1cc2c(C(=O)NC)c(-c3ccc(F)cc3)oc2nc1NS(=O)(=O)CCCCS(=O)(=O)N1CCOCC1. The molecule has 0 bridgehead atoms. The summed E-state index contributed by atoms with van der Waals surface area (Å²) in [7, 11) is -5.86. The number of carbonyl (C=O) groups excluding carboxylic acids is 1. The molecule has 39 heavy (non-hydrogen) atoms. The number of morpholine rings is 1. The summed E-state index contributed by atoms with van der Waals surface area (Å²) in [6.45, 7) is 3.11. The van der Waals surface area contributed by atoms with E-state index in [1.54, 1.807) is 6.07 Å². The number of benzene rings is 1. The number of anilines is 1. The lowest BCUT2D eigenvalue weighted by Gasteiger charge is -2.25. The summed E-state index contributed by atoms with van der Waals surface area (Å²) in [5.41, 5.74) is 1.24. The van der Waals surface area contributed by atoms with Crippen LogP contribution in [0.3, 0.4) is 0 Å². The third-order valence-electron chi connectivity index (χ3n) is 6.38. The number of nitrogens with zero attached hydrogens (tertiary/aromatic N) is 2. The number of carbonyl (C=O) groups is 1. The zero-order chi connectivity index (χ0) is 28.2. The highest BCUT2D eigenvalue weighted by Gasteiger charge is 2.26. The highest BCUT2D eigenvalue weighted by atomic mass is 32.2. The molecule has 0 atom stereocenters. The van der Waals surface area contributed by atoms with Crippen molar-refractivity contribution in [3.05, 3.63) is 47.3 Å². The predicted octanol–water partition coefficient (Wildman–Crippen LogP) is 2.74. The minimum atomic E-state index is -3.86. The summed E-state index contributed by atoms with van der Waals surface area (Å²) in [6, 6.07) is 7.09. The molecule has 1 aromatic carbocycles. The first-order valence-electron chi connectivity index (χ1n) is 12.5. The Hall–Kier alpha value is -3.07. The van der Waals surface area contributed by atoms with Crippen molar-refractivity contribution in [1.82, 2.24) is 14.6 Å². The number of amides is 1. The number of hydrogen-bond donors (Lipinski definition) is 2. The van der Waals surface area contributed by atoms with Gasteiger partial charge in [-0.3, -0.25) is 9.52 Å². The van der Waals surface area contributed by atoms with E-state index >= 15 is 0 Å². The summed E-state index contributed by atoms with van der Waals surface area (Å²) in [5, 5.41) is 2.96. The fraction of sp³-hybridized carbons (Fsp3) is 0.440. The first-order valence-corrected chi connectivity index (χ1v) is 15.8. The molecule has 1 saturated heterocycles. The van der Waals surface area contributed by atoms with Gasteiger partial charge in [-0.25, -0.2) is 21.2 Å². The monoisotopic (exact) mass is 582 g/mol. The Morgan fingerprint density at radius 2 is 1.74 bits per heavy atom. The molecule has 1 aliphatic heterocycles. The molecule has 2 N–H and O–H groups in total. The van der Waals surface area contributed by atoms with Gasteiger partial charge in [-0.15, -0.1) is 0 Å². The highest BCUT2D eigenvalue weighted by molar-refractivity contribution is 7.92. The fourth-order valence-electron chi connectivity index (χ4n) is 4.31. The van der Waals surface area contributed by atoms with Crippen molar-refractivity contribution in [1.29, 1.82) is 0 Å². The maximum absolute atomic E-state index is 13.5. The van der Waals surface area contributed by atoms with Crippen molar-refractivity contribution in [3.63, 3.8) is 0 Å². The maximum atomic E-state index is 13.5. The summed E-state index contributed by atoms with van der Waals surface area (Å²) in [6.07, 6.45) is 0.726. The van der Waals surface area contributed by atoms with E-state index in [4.69, 9.17) is 9.15 Å². The number of hydrogen-bond acceptors (Lipinski definition) is 8. The Balaban J connectivity index is 1.53. The number of aromatic nitrogens is 1. The van der Waals surface area contributed by atoms with Crippen LogP contribution in [-0.2, 0) is 31.2 Å². The van der Waals surface area contributed by atoms with E-state index in [1.807, 2.05) is 6.92 Å². The zero-order valence-corrected chi connectivity index (χ0v) is 23.3. The summed E-state index contributed by atoms with van der Waals surface area (Å²) < 4.78 is 79.0. The molecular weight excluding hydrogens is 551 g/mol. The molecular formula is C25H31FN4O7S2. The number of sulfonamides is 2. The molecule has 1 fully saturated rings. The molecule has 3 aromatic rings. The number of halogens is 1. The Morgan fingerprint density at radius 1 is 1.08 bits per heavy atom. The van der Waals surface area contributed by atoms with Gasteiger partial charge in [0.25, 0.3) is 5.91 Å². The molecule has 0 radical (unpaired) electrons. The maximum Gasteiger partial charge on any atom is 0.255 e.